The average molecular weight is 410 g/mol. The second kappa shape index (κ2) is 8.02. The Morgan fingerprint density at radius 3 is 2.60 bits per heavy atom. The van der Waals surface area contributed by atoms with Gasteiger partial charge in [0.25, 0.3) is 12.3 Å². The largest absolute Gasteiger partial charge is 0.348 e. The van der Waals surface area contributed by atoms with Crippen molar-refractivity contribution >= 4 is 11.6 Å². The Bertz CT molecular complexity index is 1200. The van der Waals surface area contributed by atoms with E-state index in [0.29, 0.717) is 11.3 Å². The second-order valence-corrected chi connectivity index (χ2v) is 6.91. The van der Waals surface area contributed by atoms with Gasteiger partial charge in [-0.2, -0.15) is 10.2 Å². The van der Waals surface area contributed by atoms with E-state index in [1.165, 1.54) is 12.3 Å². The summed E-state index contributed by atoms with van der Waals surface area (Å²) in [6.45, 7) is 4.89. The Kier molecular flexibility index (Phi) is 5.26. The molecule has 1 aromatic carbocycles. The molecule has 4 rings (SSSR count). The second-order valence-electron chi connectivity index (χ2n) is 6.91. The van der Waals surface area contributed by atoms with E-state index >= 15 is 0 Å². The summed E-state index contributed by atoms with van der Waals surface area (Å²) in [5.41, 5.74) is 2.83. The minimum atomic E-state index is -2.77. The van der Waals surface area contributed by atoms with Crippen LogP contribution in [0.5, 0.6) is 0 Å². The molecule has 3 heterocycles. The Morgan fingerprint density at radius 1 is 1.17 bits per heavy atom. The summed E-state index contributed by atoms with van der Waals surface area (Å²) in [6.07, 6.45) is 2.00. The van der Waals surface area contributed by atoms with Crippen LogP contribution < -0.4 is 5.32 Å². The minimum absolute atomic E-state index is 0.0881. The van der Waals surface area contributed by atoms with Crippen LogP contribution in [0.15, 0.2) is 48.9 Å². The van der Waals surface area contributed by atoms with Crippen LogP contribution in [-0.2, 0) is 13.1 Å². The van der Waals surface area contributed by atoms with Crippen molar-refractivity contribution in [3.8, 4) is 11.3 Å². The molecule has 0 aliphatic heterocycles. The van der Waals surface area contributed by atoms with Gasteiger partial charge < -0.3 is 5.32 Å². The van der Waals surface area contributed by atoms with Gasteiger partial charge in [0.1, 0.15) is 11.3 Å². The number of nitrogens with one attached hydrogen (secondary N) is 1. The molecule has 7 nitrogen and oxygen atoms in total. The molecule has 0 aliphatic rings. The first-order valence-electron chi connectivity index (χ1n) is 9.49. The summed E-state index contributed by atoms with van der Waals surface area (Å²) in [6, 6.07) is 8.68. The van der Waals surface area contributed by atoms with Crippen molar-refractivity contribution in [1.29, 1.82) is 0 Å². The summed E-state index contributed by atoms with van der Waals surface area (Å²) < 4.78 is 30.1. The molecule has 0 saturated carbocycles. The zero-order valence-electron chi connectivity index (χ0n) is 16.5. The van der Waals surface area contributed by atoms with Crippen LogP contribution in [-0.4, -0.2) is 30.3 Å². The molecule has 0 radical (unpaired) electrons. The van der Waals surface area contributed by atoms with E-state index in [4.69, 9.17) is 0 Å². The Balaban J connectivity index is 1.69. The third kappa shape index (κ3) is 3.78. The van der Waals surface area contributed by atoms with Gasteiger partial charge in [0.05, 0.1) is 18.1 Å². The van der Waals surface area contributed by atoms with Crippen molar-refractivity contribution < 1.29 is 13.6 Å². The molecule has 0 fully saturated rings. The third-order valence-corrected chi connectivity index (χ3v) is 4.78. The first-order chi connectivity index (χ1) is 14.5. The number of carbonyl (C=O) groups excluding carboxylic acids is 1. The van der Waals surface area contributed by atoms with Crippen LogP contribution in [0.25, 0.3) is 16.9 Å². The van der Waals surface area contributed by atoms with E-state index in [1.54, 1.807) is 10.9 Å². The summed E-state index contributed by atoms with van der Waals surface area (Å²) in [4.78, 5) is 17.2. The molecule has 154 valence electrons. The van der Waals surface area contributed by atoms with Gasteiger partial charge in [-0.15, -0.1) is 0 Å². The van der Waals surface area contributed by atoms with Gasteiger partial charge in [0.15, 0.2) is 5.65 Å². The highest BCUT2D eigenvalue weighted by Gasteiger charge is 2.21. The van der Waals surface area contributed by atoms with Crippen LogP contribution in [0, 0.1) is 6.92 Å². The number of rotatable bonds is 6. The summed E-state index contributed by atoms with van der Waals surface area (Å²) in [7, 11) is 0. The Hall–Kier alpha value is -3.62. The molecular weight excluding hydrogens is 390 g/mol. The molecule has 0 aliphatic carbocycles. The fourth-order valence-corrected chi connectivity index (χ4v) is 3.12. The van der Waals surface area contributed by atoms with Crippen LogP contribution >= 0.6 is 0 Å². The van der Waals surface area contributed by atoms with Crippen molar-refractivity contribution in [2.45, 2.75) is 33.4 Å². The predicted octanol–water partition coefficient (Wildman–Crippen LogP) is 3.79. The first kappa shape index (κ1) is 19.7. The molecule has 30 heavy (non-hydrogen) atoms. The van der Waals surface area contributed by atoms with Crippen LogP contribution in [0.1, 0.15) is 40.5 Å². The molecular formula is C21H20F2N6O. The van der Waals surface area contributed by atoms with Gasteiger partial charge >= 0.3 is 0 Å². The molecule has 0 atom stereocenters. The van der Waals surface area contributed by atoms with E-state index in [1.807, 2.05) is 44.3 Å². The number of carbonyl (C=O) groups is 1. The zero-order chi connectivity index (χ0) is 21.3. The number of aryl methyl sites for hydroxylation is 2. The minimum Gasteiger partial charge on any atom is -0.348 e. The highest BCUT2D eigenvalue weighted by molar-refractivity contribution is 5.99. The maximum atomic E-state index is 13.7. The number of benzene rings is 1. The number of alkyl halides is 2. The molecule has 0 spiro atoms. The van der Waals surface area contributed by atoms with Crippen molar-refractivity contribution in [3.05, 3.63) is 71.3 Å². The van der Waals surface area contributed by atoms with Crippen molar-refractivity contribution in [2.75, 3.05) is 0 Å². The Morgan fingerprint density at radius 2 is 1.93 bits per heavy atom. The number of amides is 1. The number of hydrogen-bond acceptors (Lipinski definition) is 4. The average Bonchev–Trinajstić information content (AvgIpc) is 3.38. The number of nitrogens with zero attached hydrogens (tertiary/aromatic N) is 5. The molecule has 0 saturated heterocycles. The van der Waals surface area contributed by atoms with Gasteiger partial charge in [0.2, 0.25) is 0 Å². The van der Waals surface area contributed by atoms with Gasteiger partial charge in [-0.05, 0) is 19.9 Å². The fourth-order valence-electron chi connectivity index (χ4n) is 3.12. The van der Waals surface area contributed by atoms with Crippen molar-refractivity contribution in [3.63, 3.8) is 0 Å². The first-order valence-corrected chi connectivity index (χ1v) is 9.49. The van der Waals surface area contributed by atoms with Crippen LogP contribution in [0.3, 0.4) is 0 Å². The third-order valence-electron chi connectivity index (χ3n) is 4.78. The SMILES string of the molecule is CCn1cc(CNC(=O)c2cnn3c(C(F)F)cc(-c4ccc(C)cc4)nc23)cn1. The van der Waals surface area contributed by atoms with Gasteiger partial charge in [-0.3, -0.25) is 9.48 Å². The molecule has 3 aromatic heterocycles. The maximum absolute atomic E-state index is 13.7. The fraction of sp³-hybridized carbons (Fsp3) is 0.238. The smallest absolute Gasteiger partial charge is 0.280 e. The lowest BCUT2D eigenvalue weighted by Gasteiger charge is -2.09. The summed E-state index contributed by atoms with van der Waals surface area (Å²) >= 11 is 0. The highest BCUT2D eigenvalue weighted by Crippen LogP contribution is 2.27. The predicted molar refractivity (Wildman–Crippen MR) is 107 cm³/mol. The topological polar surface area (TPSA) is 77.1 Å². The van der Waals surface area contributed by atoms with Crippen LogP contribution in [0.4, 0.5) is 8.78 Å². The molecule has 9 heteroatoms. The standard InChI is InChI=1S/C21H20F2N6O/c1-3-28-12-14(10-25-28)9-24-21(30)16-11-26-29-18(19(22)23)8-17(27-20(16)29)15-6-4-13(2)5-7-15/h4-8,10-12,19H,3,9H2,1-2H3,(H,24,30). The molecule has 0 bridgehead atoms. The summed E-state index contributed by atoms with van der Waals surface area (Å²) in [5, 5.41) is 10.9. The van der Waals surface area contributed by atoms with E-state index < -0.39 is 12.3 Å². The zero-order valence-corrected chi connectivity index (χ0v) is 16.5. The monoisotopic (exact) mass is 410 g/mol. The molecule has 1 N–H and O–H groups in total. The molecule has 4 aromatic rings. The van der Waals surface area contributed by atoms with Crippen molar-refractivity contribution in [2.24, 2.45) is 0 Å². The lowest BCUT2D eigenvalue weighted by Crippen LogP contribution is -2.22. The molecule has 0 unspecified atom stereocenters. The lowest BCUT2D eigenvalue weighted by atomic mass is 10.1. The number of fused-ring (bicyclic) bond motifs is 1. The van der Waals surface area contributed by atoms with E-state index in [9.17, 15) is 13.6 Å². The van der Waals surface area contributed by atoms with Gasteiger partial charge in [-0.25, -0.2) is 18.3 Å². The number of hydrogen-bond donors (Lipinski definition) is 1. The number of halogens is 2. The van der Waals surface area contributed by atoms with E-state index in [-0.39, 0.29) is 23.4 Å². The van der Waals surface area contributed by atoms with Gasteiger partial charge in [0, 0.05) is 30.4 Å². The van der Waals surface area contributed by atoms with Crippen LogP contribution in [0.2, 0.25) is 0 Å². The lowest BCUT2D eigenvalue weighted by molar-refractivity contribution is 0.0952. The van der Waals surface area contributed by atoms with E-state index in [2.05, 4.69) is 20.5 Å². The normalized spacial score (nSPS) is 11.4. The number of aromatic nitrogens is 5. The maximum Gasteiger partial charge on any atom is 0.280 e. The van der Waals surface area contributed by atoms with Gasteiger partial charge in [-0.1, -0.05) is 29.8 Å². The van der Waals surface area contributed by atoms with Crippen molar-refractivity contribution in [1.82, 2.24) is 29.7 Å². The Labute approximate surface area is 171 Å². The highest BCUT2D eigenvalue weighted by atomic mass is 19.3. The quantitative estimate of drug-likeness (QED) is 0.525. The molecule has 1 amide bonds. The van der Waals surface area contributed by atoms with E-state index in [0.717, 1.165) is 22.2 Å². The summed E-state index contributed by atoms with van der Waals surface area (Å²) in [5.74, 6) is -0.442.